The molecule has 0 bridgehead atoms. The van der Waals surface area contributed by atoms with Gasteiger partial charge in [-0.1, -0.05) is 20.8 Å². The highest BCUT2D eigenvalue weighted by molar-refractivity contribution is 6.74. The van der Waals surface area contributed by atoms with Crippen molar-refractivity contribution in [3.8, 4) is 0 Å². The summed E-state index contributed by atoms with van der Waals surface area (Å²) in [6.45, 7) is 18.2. The lowest BCUT2D eigenvalue weighted by Crippen LogP contribution is -2.62. The van der Waals surface area contributed by atoms with E-state index in [2.05, 4.69) is 58.8 Å². The number of amides is 1. The molecule has 0 aliphatic carbocycles. The monoisotopic (exact) mass is 317 g/mol. The van der Waals surface area contributed by atoms with Gasteiger partial charge in [0, 0.05) is 6.61 Å². The van der Waals surface area contributed by atoms with E-state index >= 15 is 0 Å². The Kier molecular flexibility index (Phi) is 5.28. The Hall–Kier alpha value is -0.176. The summed E-state index contributed by atoms with van der Waals surface area (Å²) in [4.78, 5) is 11.7. The van der Waals surface area contributed by atoms with E-state index < -0.39 is 16.6 Å². The van der Waals surface area contributed by atoms with E-state index in [1.165, 1.54) is 0 Å². The van der Waals surface area contributed by atoms with Gasteiger partial charge in [-0.2, -0.15) is 0 Å². The van der Waals surface area contributed by atoms with Gasteiger partial charge in [0.15, 0.2) is 16.6 Å². The van der Waals surface area contributed by atoms with Gasteiger partial charge in [0.25, 0.3) is 0 Å². The summed E-state index contributed by atoms with van der Waals surface area (Å²) in [7, 11) is -3.33. The number of hydrogen-bond acceptors (Lipinski definition) is 3. The maximum Gasteiger partial charge on any atom is 0.229 e. The molecule has 0 radical (unpaired) electrons. The molecular formula is C14H31NO3Si2. The molecule has 0 spiro atoms. The molecule has 6 heteroatoms. The van der Waals surface area contributed by atoms with Crippen molar-refractivity contribution in [2.45, 2.75) is 71.2 Å². The fourth-order valence-corrected chi connectivity index (χ4v) is 3.87. The Morgan fingerprint density at radius 2 is 1.70 bits per heavy atom. The van der Waals surface area contributed by atoms with Gasteiger partial charge in [0.1, 0.15) is 6.23 Å². The highest BCUT2D eigenvalue weighted by atomic mass is 28.4. The Balaban J connectivity index is 2.43. The molecule has 1 N–H and O–H groups in total. The Labute approximate surface area is 125 Å². The van der Waals surface area contributed by atoms with Crippen LogP contribution in [-0.4, -0.2) is 35.4 Å². The van der Waals surface area contributed by atoms with Crippen LogP contribution in [0.1, 0.15) is 27.2 Å². The number of nitrogens with one attached hydrogen (secondary N) is 1. The van der Waals surface area contributed by atoms with Gasteiger partial charge < -0.3 is 14.2 Å². The molecule has 0 aromatic carbocycles. The third-order valence-corrected chi connectivity index (χ3v) is 9.66. The number of hydrogen-bond donors (Lipinski definition) is 1. The highest BCUT2D eigenvalue weighted by Gasteiger charge is 2.43. The van der Waals surface area contributed by atoms with Crippen molar-refractivity contribution in [1.82, 2.24) is 5.32 Å². The predicted octanol–water partition coefficient (Wildman–Crippen LogP) is 3.32. The molecule has 1 aliphatic rings. The van der Waals surface area contributed by atoms with Gasteiger partial charge in [0.05, 0.1) is 5.92 Å². The summed E-state index contributed by atoms with van der Waals surface area (Å²) in [6.07, 6.45) is 0.658. The van der Waals surface area contributed by atoms with Crippen LogP contribution in [0, 0.1) is 5.92 Å². The molecule has 1 amide bonds. The first kappa shape index (κ1) is 17.9. The first-order valence-electron chi connectivity index (χ1n) is 7.46. The molecular weight excluding hydrogens is 286 g/mol. The quantitative estimate of drug-likeness (QED) is 0.604. The maximum absolute atomic E-state index is 11.7. The lowest BCUT2D eigenvalue weighted by atomic mass is 9.96. The van der Waals surface area contributed by atoms with E-state index in [1.54, 1.807) is 0 Å². The second-order valence-electron chi connectivity index (χ2n) is 8.16. The van der Waals surface area contributed by atoms with Gasteiger partial charge in [0.2, 0.25) is 5.91 Å². The minimum atomic E-state index is -1.72. The molecule has 118 valence electrons. The zero-order valence-corrected chi connectivity index (χ0v) is 16.3. The molecule has 2 atom stereocenters. The highest BCUT2D eigenvalue weighted by Crippen LogP contribution is 2.37. The summed E-state index contributed by atoms with van der Waals surface area (Å²) in [5.41, 5.74) is 0. The van der Waals surface area contributed by atoms with Crippen LogP contribution in [0.2, 0.25) is 37.8 Å². The van der Waals surface area contributed by atoms with Gasteiger partial charge >= 0.3 is 0 Å². The van der Waals surface area contributed by atoms with Crippen molar-refractivity contribution in [3.05, 3.63) is 0 Å². The van der Waals surface area contributed by atoms with Crippen molar-refractivity contribution in [2.75, 3.05) is 6.61 Å². The van der Waals surface area contributed by atoms with E-state index in [1.807, 2.05) is 0 Å². The Morgan fingerprint density at radius 3 is 2.10 bits per heavy atom. The summed E-state index contributed by atoms with van der Waals surface area (Å²) < 4.78 is 12.1. The van der Waals surface area contributed by atoms with Crippen molar-refractivity contribution in [2.24, 2.45) is 5.92 Å². The molecule has 1 fully saturated rings. The third-order valence-electron chi connectivity index (χ3n) is 4.17. The van der Waals surface area contributed by atoms with Crippen LogP contribution < -0.4 is 5.32 Å². The lowest BCUT2D eigenvalue weighted by molar-refractivity contribution is -0.145. The average Bonchev–Trinajstić information content (AvgIpc) is 2.20. The minimum absolute atomic E-state index is 0.0357. The van der Waals surface area contributed by atoms with Crippen LogP contribution in [0.25, 0.3) is 0 Å². The molecule has 0 saturated carbocycles. The largest absolute Gasteiger partial charge is 0.417 e. The van der Waals surface area contributed by atoms with Gasteiger partial charge in [-0.15, -0.1) is 0 Å². The van der Waals surface area contributed by atoms with E-state index in [0.29, 0.717) is 6.61 Å². The van der Waals surface area contributed by atoms with Crippen molar-refractivity contribution in [3.63, 3.8) is 0 Å². The number of β-lactam (4-membered cyclic amide) rings is 1. The molecule has 4 nitrogen and oxygen atoms in total. The summed E-state index contributed by atoms with van der Waals surface area (Å²) in [5, 5.41) is 3.07. The first-order chi connectivity index (χ1) is 8.83. The summed E-state index contributed by atoms with van der Waals surface area (Å²) >= 11 is 0. The number of carbonyl (C=O) groups is 1. The Morgan fingerprint density at radius 1 is 1.15 bits per heavy atom. The summed E-state index contributed by atoms with van der Waals surface area (Å²) in [5.74, 6) is 0.0681. The third kappa shape index (κ3) is 4.68. The predicted molar refractivity (Wildman–Crippen MR) is 87.6 cm³/mol. The Bertz CT molecular complexity index is 358. The lowest BCUT2D eigenvalue weighted by Gasteiger charge is -2.41. The van der Waals surface area contributed by atoms with Crippen LogP contribution in [0.4, 0.5) is 0 Å². The number of rotatable bonds is 6. The molecule has 1 saturated heterocycles. The zero-order valence-electron chi connectivity index (χ0n) is 14.3. The fraction of sp³-hybridized carbons (Fsp3) is 0.929. The van der Waals surface area contributed by atoms with Crippen LogP contribution in [0.3, 0.4) is 0 Å². The van der Waals surface area contributed by atoms with Crippen LogP contribution in [0.15, 0.2) is 0 Å². The molecule has 0 aromatic heterocycles. The van der Waals surface area contributed by atoms with E-state index in [4.69, 9.17) is 8.85 Å². The molecule has 20 heavy (non-hydrogen) atoms. The van der Waals surface area contributed by atoms with Crippen molar-refractivity contribution in [1.29, 1.82) is 0 Å². The summed E-state index contributed by atoms with van der Waals surface area (Å²) in [6, 6.07) is 0. The molecule has 0 aromatic rings. The molecule has 1 aliphatic heterocycles. The van der Waals surface area contributed by atoms with Crippen LogP contribution in [0.5, 0.6) is 0 Å². The molecule has 1 rings (SSSR count). The first-order valence-corrected chi connectivity index (χ1v) is 13.8. The maximum atomic E-state index is 11.7. The second-order valence-corrected chi connectivity index (χ2v) is 17.4. The van der Waals surface area contributed by atoms with Crippen molar-refractivity contribution >= 4 is 22.5 Å². The standard InChI is InChI=1S/C14H31NO3Si2/c1-14(2,3)20(7,8)17-10-9-11-12(16)15-13(11)18-19(4,5)6/h11,13H,9-10H2,1-8H3,(H,15,16). The molecule has 2 unspecified atom stereocenters. The smallest absolute Gasteiger partial charge is 0.229 e. The average molecular weight is 318 g/mol. The minimum Gasteiger partial charge on any atom is -0.417 e. The van der Waals surface area contributed by atoms with Gasteiger partial charge in [-0.05, 0) is 44.2 Å². The van der Waals surface area contributed by atoms with Crippen LogP contribution in [-0.2, 0) is 13.6 Å². The van der Waals surface area contributed by atoms with E-state index in [9.17, 15) is 4.79 Å². The second kappa shape index (κ2) is 5.90. The molecule has 1 heterocycles. The number of carbonyl (C=O) groups excluding carboxylic acids is 1. The van der Waals surface area contributed by atoms with Gasteiger partial charge in [-0.3, -0.25) is 4.79 Å². The fourth-order valence-electron chi connectivity index (χ4n) is 1.82. The van der Waals surface area contributed by atoms with E-state index in [-0.39, 0.29) is 23.1 Å². The van der Waals surface area contributed by atoms with Gasteiger partial charge in [-0.25, -0.2) is 0 Å². The van der Waals surface area contributed by atoms with Crippen molar-refractivity contribution < 1.29 is 13.6 Å². The van der Waals surface area contributed by atoms with E-state index in [0.717, 1.165) is 6.42 Å². The normalized spacial score (nSPS) is 24.3. The van der Waals surface area contributed by atoms with Crippen LogP contribution >= 0.6 is 0 Å². The SMILES string of the molecule is CC(C)(C)[Si](C)(C)OCCC1C(=O)NC1O[Si](C)(C)C. The zero-order chi connectivity index (χ0) is 15.8. The topological polar surface area (TPSA) is 47.6 Å².